The first-order valence-corrected chi connectivity index (χ1v) is 7.12. The number of ether oxygens (including phenoxy) is 1. The van der Waals surface area contributed by atoms with Gasteiger partial charge in [0.15, 0.2) is 5.75 Å². The van der Waals surface area contributed by atoms with Gasteiger partial charge in [0.1, 0.15) is 0 Å². The molecule has 18 heavy (non-hydrogen) atoms. The second-order valence-electron chi connectivity index (χ2n) is 5.00. The number of hydrogen-bond donors (Lipinski definition) is 0. The highest BCUT2D eigenvalue weighted by Gasteiger charge is 2.37. The molecule has 1 saturated carbocycles. The fraction of sp³-hybridized carbons (Fsp3) is 0.538. The van der Waals surface area contributed by atoms with Gasteiger partial charge in [-0.2, -0.15) is 0 Å². The van der Waals surface area contributed by atoms with E-state index in [9.17, 15) is 10.1 Å². The van der Waals surface area contributed by atoms with E-state index in [1.54, 1.807) is 12.1 Å². The minimum Gasteiger partial charge on any atom is -0.486 e. The Morgan fingerprint density at radius 3 is 2.72 bits per heavy atom. The van der Waals surface area contributed by atoms with E-state index in [1.807, 2.05) is 6.92 Å². The molecule has 0 saturated heterocycles. The van der Waals surface area contributed by atoms with Crippen LogP contribution in [0.3, 0.4) is 0 Å². The summed E-state index contributed by atoms with van der Waals surface area (Å²) in [4.78, 5) is 10.5. The first-order valence-electron chi connectivity index (χ1n) is 6.00. The maximum Gasteiger partial charge on any atom is 0.310 e. The number of hydrogen-bond acceptors (Lipinski definition) is 3. The average molecular weight is 314 g/mol. The largest absolute Gasteiger partial charge is 0.486 e. The Morgan fingerprint density at radius 1 is 1.50 bits per heavy atom. The Bertz CT molecular complexity index is 452. The van der Waals surface area contributed by atoms with Gasteiger partial charge in [0, 0.05) is 16.8 Å². The summed E-state index contributed by atoms with van der Waals surface area (Å²) < 4.78 is 5.71. The van der Waals surface area contributed by atoms with Gasteiger partial charge in [-0.3, -0.25) is 10.1 Å². The topological polar surface area (TPSA) is 52.4 Å². The van der Waals surface area contributed by atoms with Crippen molar-refractivity contribution >= 4 is 21.6 Å². The Balaban J connectivity index is 2.12. The van der Waals surface area contributed by atoms with Crippen molar-refractivity contribution in [3.8, 4) is 5.75 Å². The number of rotatable bonds is 5. The van der Waals surface area contributed by atoms with E-state index >= 15 is 0 Å². The molecule has 0 bridgehead atoms. The van der Waals surface area contributed by atoms with Gasteiger partial charge in [-0.05, 0) is 31.4 Å². The molecule has 98 valence electrons. The molecule has 0 unspecified atom stereocenters. The normalized spacial score (nSPS) is 17.0. The summed E-state index contributed by atoms with van der Waals surface area (Å²) in [5.41, 5.74) is 1.18. The predicted octanol–water partition coefficient (Wildman–Crippen LogP) is 3.85. The molecule has 0 heterocycles. The minimum atomic E-state index is -0.393. The third-order valence-electron chi connectivity index (χ3n) is 3.54. The molecule has 5 heteroatoms. The lowest BCUT2D eigenvalue weighted by atomic mass is 9.71. The summed E-state index contributed by atoms with van der Waals surface area (Å²) in [5, 5.41) is 11.8. The standard InChI is InChI=1S/C13H16BrNO3/c1-10-3-4-11(15(16)17)12(7-10)18-9-13(8-14)5-2-6-13/h3-4,7H,2,5-6,8-9H2,1H3. The number of nitro benzene ring substituents is 1. The summed E-state index contributed by atoms with van der Waals surface area (Å²) in [5.74, 6) is 0.382. The van der Waals surface area contributed by atoms with Crippen molar-refractivity contribution in [3.05, 3.63) is 33.9 Å². The lowest BCUT2D eigenvalue weighted by molar-refractivity contribution is -0.386. The third kappa shape index (κ3) is 2.66. The van der Waals surface area contributed by atoms with Gasteiger partial charge in [0.2, 0.25) is 0 Å². The van der Waals surface area contributed by atoms with E-state index in [-0.39, 0.29) is 11.1 Å². The molecule has 0 radical (unpaired) electrons. The molecule has 4 nitrogen and oxygen atoms in total. The summed E-state index contributed by atoms with van der Waals surface area (Å²) in [6, 6.07) is 4.97. The van der Waals surface area contributed by atoms with E-state index < -0.39 is 4.92 Å². The molecule has 0 aromatic heterocycles. The average Bonchev–Trinajstić information content (AvgIpc) is 2.28. The maximum absolute atomic E-state index is 10.9. The number of halogens is 1. The van der Waals surface area contributed by atoms with E-state index in [1.165, 1.54) is 12.5 Å². The van der Waals surface area contributed by atoms with Gasteiger partial charge >= 0.3 is 5.69 Å². The molecule has 1 aromatic rings. The smallest absolute Gasteiger partial charge is 0.310 e. The van der Waals surface area contributed by atoms with Crippen molar-refractivity contribution in [1.29, 1.82) is 0 Å². The lowest BCUT2D eigenvalue weighted by Gasteiger charge is -2.39. The van der Waals surface area contributed by atoms with Crippen LogP contribution in [0.2, 0.25) is 0 Å². The molecular weight excluding hydrogens is 298 g/mol. The van der Waals surface area contributed by atoms with Crippen LogP contribution in [0.25, 0.3) is 0 Å². The fourth-order valence-electron chi connectivity index (χ4n) is 2.11. The predicted molar refractivity (Wildman–Crippen MR) is 73.4 cm³/mol. The van der Waals surface area contributed by atoms with E-state index in [4.69, 9.17) is 4.74 Å². The monoisotopic (exact) mass is 313 g/mol. The second kappa shape index (κ2) is 5.26. The quantitative estimate of drug-likeness (QED) is 0.471. The van der Waals surface area contributed by atoms with Crippen LogP contribution in [0.5, 0.6) is 5.75 Å². The molecule has 0 amide bonds. The van der Waals surface area contributed by atoms with Crippen molar-refractivity contribution in [2.75, 3.05) is 11.9 Å². The van der Waals surface area contributed by atoms with Crippen LogP contribution in [0, 0.1) is 22.5 Å². The highest BCUT2D eigenvalue weighted by molar-refractivity contribution is 9.09. The molecular formula is C13H16BrNO3. The zero-order valence-corrected chi connectivity index (χ0v) is 11.9. The van der Waals surface area contributed by atoms with Crippen LogP contribution in [-0.4, -0.2) is 16.9 Å². The molecule has 0 aliphatic heterocycles. The summed E-state index contributed by atoms with van der Waals surface area (Å²) in [7, 11) is 0. The molecule has 0 N–H and O–H groups in total. The van der Waals surface area contributed by atoms with Crippen LogP contribution >= 0.6 is 15.9 Å². The Hall–Kier alpha value is -1.10. The zero-order chi connectivity index (χ0) is 13.2. The van der Waals surface area contributed by atoms with Gasteiger partial charge in [0.05, 0.1) is 11.5 Å². The van der Waals surface area contributed by atoms with Crippen LogP contribution in [0.15, 0.2) is 18.2 Å². The van der Waals surface area contributed by atoms with Crippen molar-refractivity contribution in [2.24, 2.45) is 5.41 Å². The van der Waals surface area contributed by atoms with Gasteiger partial charge in [0.25, 0.3) is 0 Å². The lowest BCUT2D eigenvalue weighted by Crippen LogP contribution is -2.37. The summed E-state index contributed by atoms with van der Waals surface area (Å²) >= 11 is 3.50. The van der Waals surface area contributed by atoms with Crippen molar-refractivity contribution in [3.63, 3.8) is 0 Å². The SMILES string of the molecule is Cc1ccc([N+](=O)[O-])c(OCC2(CBr)CCC2)c1. The molecule has 0 atom stereocenters. The zero-order valence-electron chi connectivity index (χ0n) is 10.3. The Kier molecular flexibility index (Phi) is 3.90. The van der Waals surface area contributed by atoms with Crippen LogP contribution in [0.1, 0.15) is 24.8 Å². The molecule has 1 aliphatic rings. The van der Waals surface area contributed by atoms with E-state index in [0.717, 1.165) is 23.7 Å². The number of aryl methyl sites for hydroxylation is 1. The first kappa shape index (κ1) is 13.3. The highest BCUT2D eigenvalue weighted by atomic mass is 79.9. The highest BCUT2D eigenvalue weighted by Crippen LogP contribution is 2.43. The van der Waals surface area contributed by atoms with Crippen LogP contribution < -0.4 is 4.74 Å². The third-order valence-corrected chi connectivity index (χ3v) is 4.73. The molecule has 1 aliphatic carbocycles. The van der Waals surface area contributed by atoms with Gasteiger partial charge < -0.3 is 4.74 Å². The Morgan fingerprint density at radius 2 is 2.22 bits per heavy atom. The van der Waals surface area contributed by atoms with Gasteiger partial charge in [-0.25, -0.2) is 0 Å². The number of nitrogens with zero attached hydrogens (tertiary/aromatic N) is 1. The second-order valence-corrected chi connectivity index (χ2v) is 5.56. The minimum absolute atomic E-state index is 0.0460. The number of nitro groups is 1. The van der Waals surface area contributed by atoms with Crippen LogP contribution in [0.4, 0.5) is 5.69 Å². The van der Waals surface area contributed by atoms with Crippen LogP contribution in [-0.2, 0) is 0 Å². The molecule has 2 rings (SSSR count). The molecule has 1 aromatic carbocycles. The molecule has 1 fully saturated rings. The molecule has 0 spiro atoms. The van der Waals surface area contributed by atoms with E-state index in [0.29, 0.717) is 12.4 Å². The number of alkyl halides is 1. The fourth-order valence-corrected chi connectivity index (χ4v) is 2.83. The number of benzene rings is 1. The maximum atomic E-state index is 10.9. The summed E-state index contributed by atoms with van der Waals surface area (Å²) in [6.07, 6.45) is 3.46. The Labute approximate surface area is 115 Å². The van der Waals surface area contributed by atoms with Gasteiger partial charge in [-0.15, -0.1) is 0 Å². The summed E-state index contributed by atoms with van der Waals surface area (Å²) in [6.45, 7) is 2.45. The van der Waals surface area contributed by atoms with Crippen molar-refractivity contribution in [2.45, 2.75) is 26.2 Å². The van der Waals surface area contributed by atoms with E-state index in [2.05, 4.69) is 15.9 Å². The van der Waals surface area contributed by atoms with Crippen molar-refractivity contribution < 1.29 is 9.66 Å². The van der Waals surface area contributed by atoms with Crippen molar-refractivity contribution in [1.82, 2.24) is 0 Å². The first-order chi connectivity index (χ1) is 8.56. The van der Waals surface area contributed by atoms with Gasteiger partial charge in [-0.1, -0.05) is 28.4 Å².